The van der Waals surface area contributed by atoms with Gasteiger partial charge in [0.25, 0.3) is 15.9 Å². The summed E-state index contributed by atoms with van der Waals surface area (Å²) in [4.78, 5) is 20.8. The van der Waals surface area contributed by atoms with Crippen LogP contribution in [0.1, 0.15) is 36.3 Å². The summed E-state index contributed by atoms with van der Waals surface area (Å²) in [6.45, 7) is 3.91. The first-order valence-corrected chi connectivity index (χ1v) is 12.4. The smallest absolute Gasteiger partial charge is 0.435 e. The van der Waals surface area contributed by atoms with Crippen molar-refractivity contribution in [2.24, 2.45) is 13.0 Å². The summed E-state index contributed by atoms with van der Waals surface area (Å²) < 4.78 is 74.6. The summed E-state index contributed by atoms with van der Waals surface area (Å²) in [5.74, 6) is -0.800. The van der Waals surface area contributed by atoms with Gasteiger partial charge in [0, 0.05) is 18.7 Å². The molecule has 0 radical (unpaired) electrons. The van der Waals surface area contributed by atoms with Gasteiger partial charge in [0.15, 0.2) is 5.69 Å². The zero-order chi connectivity index (χ0) is 26.3. The minimum Gasteiger partial charge on any atom is -0.475 e. The minimum absolute atomic E-state index is 0.0224. The number of carbonyl (C=O) groups excluding carboxylic acids is 1. The number of carbonyl (C=O) groups is 1. The zero-order valence-electron chi connectivity index (χ0n) is 19.5. The highest BCUT2D eigenvalue weighted by molar-refractivity contribution is 7.92. The Morgan fingerprint density at radius 1 is 1.19 bits per heavy atom. The predicted molar refractivity (Wildman–Crippen MR) is 123 cm³/mol. The number of halogens is 3. The van der Waals surface area contributed by atoms with E-state index in [-0.39, 0.29) is 40.3 Å². The molecule has 0 spiro atoms. The lowest BCUT2D eigenvalue weighted by Crippen LogP contribution is -2.40. The summed E-state index contributed by atoms with van der Waals surface area (Å²) in [6.07, 6.45) is -4.14. The number of nitrogens with zero attached hydrogens (tertiary/aromatic N) is 4. The van der Waals surface area contributed by atoms with Gasteiger partial charge in [-0.05, 0) is 36.6 Å². The van der Waals surface area contributed by atoms with Gasteiger partial charge in [0.05, 0.1) is 22.3 Å². The maximum atomic E-state index is 13.2. The molecule has 192 valence electrons. The van der Waals surface area contributed by atoms with Crippen LogP contribution in [0.5, 0.6) is 5.88 Å². The van der Waals surface area contributed by atoms with Gasteiger partial charge in [-0.2, -0.15) is 23.3 Å². The van der Waals surface area contributed by atoms with Gasteiger partial charge < -0.3 is 10.1 Å². The number of ether oxygens (including phenoxy) is 1. The van der Waals surface area contributed by atoms with E-state index in [1.54, 1.807) is 0 Å². The Morgan fingerprint density at radius 2 is 1.94 bits per heavy atom. The number of nitrogens with one attached hydrogen (secondary N) is 2. The number of hydrogen-bond donors (Lipinski definition) is 2. The summed E-state index contributed by atoms with van der Waals surface area (Å²) in [6, 6.07) is 7.03. The zero-order valence-corrected chi connectivity index (χ0v) is 20.3. The molecule has 0 saturated heterocycles. The van der Waals surface area contributed by atoms with Crippen LogP contribution in [0.25, 0.3) is 11.4 Å². The molecule has 0 aliphatic carbocycles. The molecule has 4 rings (SSSR count). The Bertz CT molecular complexity index is 1410. The maximum absolute atomic E-state index is 13.2. The van der Waals surface area contributed by atoms with Gasteiger partial charge in [-0.15, -0.1) is 0 Å². The molecule has 1 amide bonds. The molecule has 14 heteroatoms. The van der Waals surface area contributed by atoms with Gasteiger partial charge >= 0.3 is 6.18 Å². The summed E-state index contributed by atoms with van der Waals surface area (Å²) in [5.41, 5.74) is -1.08. The molecule has 0 saturated carbocycles. The van der Waals surface area contributed by atoms with Crippen LogP contribution in [-0.4, -0.2) is 46.7 Å². The maximum Gasteiger partial charge on any atom is 0.435 e. The monoisotopic (exact) mass is 524 g/mol. The standard InChI is InChI=1S/C22H23F3N6O4S/c1-12(2)7-14-11-35-19-9-16(17-10-18(22(23,24)25)29-31(17)3)27-21(28-19)30-36(33,34)15-6-4-5-13(8-15)20(32)26-14/h4-6,8-10,12,14H,7,11H2,1-3H3,(H,26,32)(H,27,28,30)/t14-/m1/s1. The molecule has 1 aromatic carbocycles. The Kier molecular flexibility index (Phi) is 6.64. The van der Waals surface area contributed by atoms with E-state index in [1.807, 2.05) is 13.8 Å². The normalized spacial score (nSPS) is 17.8. The van der Waals surface area contributed by atoms with Crippen LogP contribution >= 0.6 is 0 Å². The number of fused-ring (bicyclic) bond motifs is 4. The van der Waals surface area contributed by atoms with Crippen LogP contribution in [0.3, 0.4) is 0 Å². The fraction of sp³-hybridized carbons (Fsp3) is 0.364. The molecule has 3 heterocycles. The van der Waals surface area contributed by atoms with Crippen molar-refractivity contribution in [2.45, 2.75) is 37.4 Å². The number of aromatic nitrogens is 4. The number of alkyl halides is 3. The van der Waals surface area contributed by atoms with Crippen molar-refractivity contribution in [1.82, 2.24) is 25.1 Å². The second-order valence-corrected chi connectivity index (χ2v) is 10.4. The number of hydrogen-bond acceptors (Lipinski definition) is 7. The van der Waals surface area contributed by atoms with E-state index in [2.05, 4.69) is 25.1 Å². The number of anilines is 1. The Labute approximate surface area is 205 Å². The molecule has 10 nitrogen and oxygen atoms in total. The summed E-state index contributed by atoms with van der Waals surface area (Å²) in [7, 11) is -2.95. The second-order valence-electron chi connectivity index (χ2n) is 8.70. The molecule has 1 aliphatic rings. The average molecular weight is 525 g/mol. The topological polar surface area (TPSA) is 128 Å². The predicted octanol–water partition coefficient (Wildman–Crippen LogP) is 3.23. The highest BCUT2D eigenvalue weighted by Crippen LogP contribution is 2.32. The third-order valence-electron chi connectivity index (χ3n) is 5.29. The Morgan fingerprint density at radius 3 is 2.61 bits per heavy atom. The molecule has 36 heavy (non-hydrogen) atoms. The molecule has 3 aromatic rings. The van der Waals surface area contributed by atoms with Gasteiger partial charge in [0.1, 0.15) is 6.61 Å². The van der Waals surface area contributed by atoms with Gasteiger partial charge in [-0.3, -0.25) is 9.48 Å². The lowest BCUT2D eigenvalue weighted by Gasteiger charge is -2.21. The van der Waals surface area contributed by atoms with Crippen molar-refractivity contribution in [1.29, 1.82) is 0 Å². The minimum atomic E-state index is -4.69. The number of sulfonamides is 1. The number of benzene rings is 1. The van der Waals surface area contributed by atoms with E-state index in [9.17, 15) is 26.4 Å². The van der Waals surface area contributed by atoms with E-state index in [0.29, 0.717) is 6.42 Å². The van der Waals surface area contributed by atoms with E-state index in [1.165, 1.54) is 37.4 Å². The van der Waals surface area contributed by atoms with E-state index in [0.717, 1.165) is 10.7 Å². The molecule has 0 fully saturated rings. The average Bonchev–Trinajstić information content (AvgIpc) is 3.18. The molecular formula is C22H23F3N6O4S. The summed E-state index contributed by atoms with van der Waals surface area (Å²) in [5, 5.41) is 6.32. The Balaban J connectivity index is 1.83. The number of rotatable bonds is 3. The lowest BCUT2D eigenvalue weighted by atomic mass is 10.0. The molecule has 4 bridgehead atoms. The third-order valence-corrected chi connectivity index (χ3v) is 6.62. The van der Waals surface area contributed by atoms with Gasteiger partial charge in [-0.25, -0.2) is 18.1 Å². The first-order valence-electron chi connectivity index (χ1n) is 10.9. The van der Waals surface area contributed by atoms with E-state index in [4.69, 9.17) is 4.74 Å². The highest BCUT2D eigenvalue weighted by atomic mass is 32.2. The molecular weight excluding hydrogens is 501 g/mol. The quantitative estimate of drug-likeness (QED) is 0.538. The molecule has 0 unspecified atom stereocenters. The van der Waals surface area contributed by atoms with Gasteiger partial charge in [0.2, 0.25) is 11.8 Å². The third kappa shape index (κ3) is 5.58. The molecule has 2 aromatic heterocycles. The van der Waals surface area contributed by atoms with Crippen LogP contribution in [0.2, 0.25) is 0 Å². The van der Waals surface area contributed by atoms with Crippen molar-refractivity contribution in [3.63, 3.8) is 0 Å². The van der Waals surface area contributed by atoms with E-state index >= 15 is 0 Å². The van der Waals surface area contributed by atoms with Crippen molar-refractivity contribution in [3.8, 4) is 17.3 Å². The highest BCUT2D eigenvalue weighted by Gasteiger charge is 2.35. The molecule has 2 N–H and O–H groups in total. The van der Waals surface area contributed by atoms with E-state index < -0.39 is 39.8 Å². The van der Waals surface area contributed by atoms with Crippen LogP contribution in [-0.2, 0) is 23.2 Å². The Hall–Kier alpha value is -3.68. The van der Waals surface area contributed by atoms with Crippen molar-refractivity contribution in [2.75, 3.05) is 11.3 Å². The number of aryl methyl sites for hydroxylation is 1. The lowest BCUT2D eigenvalue weighted by molar-refractivity contribution is -0.141. The van der Waals surface area contributed by atoms with Crippen molar-refractivity contribution >= 4 is 21.9 Å². The van der Waals surface area contributed by atoms with Crippen LogP contribution < -0.4 is 14.8 Å². The van der Waals surface area contributed by atoms with Crippen LogP contribution in [0.4, 0.5) is 19.1 Å². The van der Waals surface area contributed by atoms with Crippen molar-refractivity contribution in [3.05, 3.63) is 47.7 Å². The van der Waals surface area contributed by atoms with Crippen molar-refractivity contribution < 1.29 is 31.1 Å². The summed E-state index contributed by atoms with van der Waals surface area (Å²) >= 11 is 0. The van der Waals surface area contributed by atoms with Crippen LogP contribution in [0.15, 0.2) is 41.3 Å². The first kappa shape index (κ1) is 25.4. The fourth-order valence-corrected chi connectivity index (χ4v) is 4.69. The van der Waals surface area contributed by atoms with Gasteiger partial charge in [-0.1, -0.05) is 19.9 Å². The number of amides is 1. The fourth-order valence-electron chi connectivity index (χ4n) is 3.70. The largest absolute Gasteiger partial charge is 0.475 e. The molecule has 1 aliphatic heterocycles. The van der Waals surface area contributed by atoms with Crippen LogP contribution in [0, 0.1) is 5.92 Å². The SMILES string of the molecule is CC(C)C[C@@H]1COc2cc(-c3cc(C(F)(F)F)nn3C)nc(n2)NS(=O)(=O)c2cccc(c2)C(=O)N1. The first-order chi connectivity index (χ1) is 16.8. The molecule has 1 atom stereocenters. The second kappa shape index (κ2) is 9.41.